The maximum atomic E-state index is 10.6. The number of hydrogen-bond donors (Lipinski definition) is 1. The van der Waals surface area contributed by atoms with Crippen LogP contribution < -0.4 is 4.90 Å². The predicted molar refractivity (Wildman–Crippen MR) is 97.2 cm³/mol. The van der Waals surface area contributed by atoms with Crippen LogP contribution in [0.4, 0.5) is 5.69 Å². The Bertz CT molecular complexity index is 585. The van der Waals surface area contributed by atoms with Gasteiger partial charge in [-0.25, -0.2) is 0 Å². The van der Waals surface area contributed by atoms with E-state index in [1.807, 2.05) is 24.3 Å². The fourth-order valence-electron chi connectivity index (χ4n) is 3.10. The van der Waals surface area contributed by atoms with Crippen molar-refractivity contribution in [2.75, 3.05) is 44.3 Å². The summed E-state index contributed by atoms with van der Waals surface area (Å²) in [5, 5.41) is 10.6. The summed E-state index contributed by atoms with van der Waals surface area (Å²) in [6.07, 6.45) is -0.382. The Morgan fingerprint density at radius 2 is 1.58 bits per heavy atom. The topological polar surface area (TPSA) is 35.9 Å². The van der Waals surface area contributed by atoms with Crippen molar-refractivity contribution in [3.8, 4) is 0 Å². The van der Waals surface area contributed by atoms with Gasteiger partial charge < -0.3 is 14.7 Å². The molecule has 2 aromatic carbocycles. The number of aliphatic hydroxyl groups is 1. The van der Waals surface area contributed by atoms with E-state index in [4.69, 9.17) is 4.74 Å². The van der Waals surface area contributed by atoms with Gasteiger partial charge in [0.1, 0.15) is 0 Å². The molecule has 1 unspecified atom stereocenters. The first-order valence-electron chi connectivity index (χ1n) is 8.63. The molecule has 1 atom stereocenters. The molecule has 2 aromatic rings. The second-order valence-corrected chi connectivity index (χ2v) is 6.27. The highest BCUT2D eigenvalue weighted by atomic mass is 16.5. The zero-order chi connectivity index (χ0) is 16.6. The van der Waals surface area contributed by atoms with Crippen molar-refractivity contribution in [2.24, 2.45) is 0 Å². The molecule has 0 amide bonds. The van der Waals surface area contributed by atoms with Crippen LogP contribution in [0.5, 0.6) is 0 Å². The lowest BCUT2D eigenvalue weighted by Crippen LogP contribution is -2.44. The van der Waals surface area contributed by atoms with Gasteiger partial charge in [-0.2, -0.15) is 0 Å². The Labute approximate surface area is 144 Å². The van der Waals surface area contributed by atoms with E-state index < -0.39 is 0 Å². The van der Waals surface area contributed by atoms with Crippen LogP contribution in [-0.2, 0) is 11.3 Å². The van der Waals surface area contributed by atoms with E-state index in [1.165, 1.54) is 5.56 Å². The lowest BCUT2D eigenvalue weighted by Gasteiger charge is -2.32. The van der Waals surface area contributed by atoms with E-state index in [2.05, 4.69) is 46.2 Å². The average molecular weight is 326 g/mol. The van der Waals surface area contributed by atoms with Gasteiger partial charge in [0.25, 0.3) is 0 Å². The van der Waals surface area contributed by atoms with E-state index in [1.54, 1.807) is 0 Å². The molecule has 1 saturated heterocycles. The van der Waals surface area contributed by atoms with Crippen LogP contribution >= 0.6 is 0 Å². The highest BCUT2D eigenvalue weighted by Crippen LogP contribution is 2.17. The zero-order valence-corrected chi connectivity index (χ0v) is 14.1. The van der Waals surface area contributed by atoms with Crippen molar-refractivity contribution in [1.29, 1.82) is 0 Å². The normalized spacial score (nSPS) is 16.7. The summed E-state index contributed by atoms with van der Waals surface area (Å²) in [6, 6.07) is 20.7. The number of aliphatic hydroxyl groups excluding tert-OH is 1. The third-order valence-electron chi connectivity index (χ3n) is 4.34. The number of rotatable bonds is 7. The molecule has 1 fully saturated rings. The van der Waals surface area contributed by atoms with Crippen molar-refractivity contribution in [1.82, 2.24) is 4.90 Å². The second-order valence-electron chi connectivity index (χ2n) is 6.27. The molecule has 0 saturated carbocycles. The minimum absolute atomic E-state index is 0.382. The second kappa shape index (κ2) is 8.83. The molecule has 0 aliphatic carbocycles. The predicted octanol–water partition coefficient (Wildman–Crippen LogP) is 2.39. The monoisotopic (exact) mass is 326 g/mol. The van der Waals surface area contributed by atoms with Gasteiger partial charge >= 0.3 is 0 Å². The van der Waals surface area contributed by atoms with Crippen LogP contribution in [0, 0.1) is 0 Å². The fourth-order valence-corrected chi connectivity index (χ4v) is 3.10. The standard InChI is InChI=1S/C20H26N2O2/c23-20(16-21-11-13-24-14-12-21)17-22(19-9-5-2-6-10-19)15-18-7-3-1-4-8-18/h1-10,20,23H,11-17H2. The summed E-state index contributed by atoms with van der Waals surface area (Å²) < 4.78 is 5.38. The third kappa shape index (κ3) is 5.06. The number of hydrogen-bond acceptors (Lipinski definition) is 4. The summed E-state index contributed by atoms with van der Waals surface area (Å²) in [7, 11) is 0. The van der Waals surface area contributed by atoms with Crippen LogP contribution in [0.15, 0.2) is 60.7 Å². The molecule has 0 spiro atoms. The highest BCUT2D eigenvalue weighted by Gasteiger charge is 2.18. The van der Waals surface area contributed by atoms with E-state index in [9.17, 15) is 5.11 Å². The van der Waals surface area contributed by atoms with Crippen molar-refractivity contribution in [3.05, 3.63) is 66.2 Å². The first kappa shape index (κ1) is 17.0. The maximum absolute atomic E-state index is 10.6. The lowest BCUT2D eigenvalue weighted by molar-refractivity contribution is 0.0160. The van der Waals surface area contributed by atoms with Crippen LogP contribution in [0.25, 0.3) is 0 Å². The molecular weight excluding hydrogens is 300 g/mol. The molecule has 128 valence electrons. The summed E-state index contributed by atoms with van der Waals surface area (Å²) in [5.41, 5.74) is 2.39. The van der Waals surface area contributed by atoms with E-state index >= 15 is 0 Å². The van der Waals surface area contributed by atoms with Gasteiger partial charge in [0.15, 0.2) is 0 Å². The van der Waals surface area contributed by atoms with Crippen LogP contribution in [0.3, 0.4) is 0 Å². The van der Waals surface area contributed by atoms with Gasteiger partial charge in [-0.05, 0) is 17.7 Å². The fraction of sp³-hybridized carbons (Fsp3) is 0.400. The third-order valence-corrected chi connectivity index (χ3v) is 4.34. The van der Waals surface area contributed by atoms with Gasteiger partial charge in [-0.3, -0.25) is 4.90 Å². The Hall–Kier alpha value is -1.88. The van der Waals surface area contributed by atoms with E-state index in [0.717, 1.165) is 38.5 Å². The van der Waals surface area contributed by atoms with E-state index in [-0.39, 0.29) is 6.10 Å². The lowest BCUT2D eigenvalue weighted by atomic mass is 10.1. The number of β-amino-alcohol motifs (C(OH)–C–C–N with tert-alkyl or cyclic N) is 1. The minimum atomic E-state index is -0.382. The van der Waals surface area contributed by atoms with Gasteiger partial charge in [0, 0.05) is 38.4 Å². The number of para-hydroxylation sites is 1. The number of benzene rings is 2. The summed E-state index contributed by atoms with van der Waals surface area (Å²) >= 11 is 0. The first-order valence-corrected chi connectivity index (χ1v) is 8.63. The molecule has 0 aromatic heterocycles. The molecule has 1 heterocycles. The molecule has 1 aliphatic rings. The van der Waals surface area contributed by atoms with Gasteiger partial charge in [0.2, 0.25) is 0 Å². The minimum Gasteiger partial charge on any atom is -0.390 e. The van der Waals surface area contributed by atoms with E-state index in [0.29, 0.717) is 13.1 Å². The average Bonchev–Trinajstić information content (AvgIpc) is 2.63. The number of anilines is 1. The maximum Gasteiger partial charge on any atom is 0.0841 e. The van der Waals surface area contributed by atoms with Crippen molar-refractivity contribution in [3.63, 3.8) is 0 Å². The molecule has 4 heteroatoms. The molecule has 0 radical (unpaired) electrons. The van der Waals surface area contributed by atoms with Gasteiger partial charge in [-0.15, -0.1) is 0 Å². The van der Waals surface area contributed by atoms with Crippen molar-refractivity contribution >= 4 is 5.69 Å². The Morgan fingerprint density at radius 1 is 0.958 bits per heavy atom. The zero-order valence-electron chi connectivity index (χ0n) is 14.1. The van der Waals surface area contributed by atoms with Crippen molar-refractivity contribution in [2.45, 2.75) is 12.6 Å². The van der Waals surface area contributed by atoms with Crippen LogP contribution in [0.2, 0.25) is 0 Å². The largest absolute Gasteiger partial charge is 0.390 e. The molecule has 24 heavy (non-hydrogen) atoms. The molecule has 4 nitrogen and oxygen atoms in total. The molecule has 1 N–H and O–H groups in total. The quantitative estimate of drug-likeness (QED) is 0.847. The van der Waals surface area contributed by atoms with Gasteiger partial charge in [-0.1, -0.05) is 48.5 Å². The molecular formula is C20H26N2O2. The van der Waals surface area contributed by atoms with Crippen LogP contribution in [-0.4, -0.2) is 55.5 Å². The number of nitrogens with zero attached hydrogens (tertiary/aromatic N) is 2. The number of ether oxygens (including phenoxy) is 1. The molecule has 0 bridgehead atoms. The molecule has 3 rings (SSSR count). The number of morpholine rings is 1. The van der Waals surface area contributed by atoms with Crippen LogP contribution in [0.1, 0.15) is 5.56 Å². The summed E-state index contributed by atoms with van der Waals surface area (Å²) in [5.74, 6) is 0. The first-order chi connectivity index (χ1) is 11.8. The van der Waals surface area contributed by atoms with Gasteiger partial charge in [0.05, 0.1) is 19.3 Å². The smallest absolute Gasteiger partial charge is 0.0841 e. The Morgan fingerprint density at radius 3 is 2.25 bits per heavy atom. The molecule has 1 aliphatic heterocycles. The highest BCUT2D eigenvalue weighted by molar-refractivity contribution is 5.46. The SMILES string of the molecule is OC(CN1CCOCC1)CN(Cc1ccccc1)c1ccccc1. The Balaban J connectivity index is 1.65. The Kier molecular flexibility index (Phi) is 6.24. The van der Waals surface area contributed by atoms with Crippen molar-refractivity contribution < 1.29 is 9.84 Å². The summed E-state index contributed by atoms with van der Waals surface area (Å²) in [4.78, 5) is 4.53. The summed E-state index contributed by atoms with van der Waals surface area (Å²) in [6.45, 7) is 5.45.